The second kappa shape index (κ2) is 12.4. The first-order chi connectivity index (χ1) is 20.3. The summed E-state index contributed by atoms with van der Waals surface area (Å²) in [6.07, 6.45) is 0. The van der Waals surface area contributed by atoms with Gasteiger partial charge >= 0.3 is 251 Å². The summed E-state index contributed by atoms with van der Waals surface area (Å²) in [7, 11) is 8.61. The molecule has 0 saturated carbocycles. The molecule has 5 heteroatoms. The van der Waals surface area contributed by atoms with Crippen molar-refractivity contribution in [1.29, 1.82) is 0 Å². The van der Waals surface area contributed by atoms with E-state index in [-0.39, 0.29) is 0 Å². The van der Waals surface area contributed by atoms with Crippen molar-refractivity contribution in [3.63, 3.8) is 0 Å². The third-order valence-electron chi connectivity index (χ3n) is 6.94. The topological polar surface area (TPSA) is 9.72 Å². The van der Waals surface area contributed by atoms with Crippen LogP contribution in [0.3, 0.4) is 0 Å². The van der Waals surface area contributed by atoms with Gasteiger partial charge in [0, 0.05) is 0 Å². The van der Waals surface area contributed by atoms with Crippen molar-refractivity contribution in [3.05, 3.63) is 182 Å². The third kappa shape index (κ3) is 5.47. The van der Waals surface area contributed by atoms with Gasteiger partial charge in [0.05, 0.1) is 0 Å². The minimum absolute atomic E-state index is 1.03. The summed E-state index contributed by atoms with van der Waals surface area (Å²) in [5.41, 5.74) is 6.18. The Hall–Kier alpha value is -4.45. The molecule has 0 fully saturated rings. The Balaban J connectivity index is 1.75. The second-order valence-corrected chi connectivity index (χ2v) is 17.3. The van der Waals surface area contributed by atoms with Crippen LogP contribution in [0.25, 0.3) is 0 Å². The van der Waals surface area contributed by atoms with Gasteiger partial charge in [0.1, 0.15) is 0 Å². The molecule has 0 unspecified atom stereocenters. The van der Waals surface area contributed by atoms with Gasteiger partial charge in [-0.1, -0.05) is 0 Å². The normalized spacial score (nSPS) is 11.0. The van der Waals surface area contributed by atoms with Gasteiger partial charge in [-0.15, -0.1) is 0 Å². The first-order valence-corrected chi connectivity index (χ1v) is 19.2. The van der Waals surface area contributed by atoms with E-state index >= 15 is 0 Å². The Morgan fingerprint density at radius 1 is 0.268 bits per heavy atom. The van der Waals surface area contributed by atoms with Crippen molar-refractivity contribution in [2.75, 3.05) is 11.6 Å². The first-order valence-electron chi connectivity index (χ1n) is 13.7. The van der Waals surface area contributed by atoms with Gasteiger partial charge < -0.3 is 0 Å². The molecule has 3 nitrogen and oxygen atoms in total. The monoisotopic (exact) mass is 613 g/mol. The van der Waals surface area contributed by atoms with Gasteiger partial charge in [0.2, 0.25) is 0 Å². The number of anilines is 6. The number of hydrogen-bond donors (Lipinski definition) is 0. The molecular formula is C36H30ClGeN3. The zero-order valence-corrected chi connectivity index (χ0v) is 25.4. The number of halogens is 1. The minimum atomic E-state index is -4.40. The van der Waals surface area contributed by atoms with Crippen LogP contribution in [0.4, 0.5) is 34.1 Å². The van der Waals surface area contributed by atoms with Crippen LogP contribution in [-0.2, 0) is 0 Å². The first kappa shape index (κ1) is 26.8. The van der Waals surface area contributed by atoms with Crippen LogP contribution in [0, 0.1) is 0 Å². The van der Waals surface area contributed by atoms with Gasteiger partial charge in [-0.05, 0) is 0 Å². The Labute approximate surface area is 249 Å². The SMILES string of the molecule is [Cl][Ge]([N](c1ccccc1)c1ccccc1)([N](c1ccccc1)c1ccccc1)[N](c1ccccc1)c1ccccc1. The molecular weight excluding hydrogens is 582 g/mol. The van der Waals surface area contributed by atoms with Gasteiger partial charge in [0.15, 0.2) is 0 Å². The molecule has 0 atom stereocenters. The predicted molar refractivity (Wildman–Crippen MR) is 177 cm³/mol. The maximum absolute atomic E-state index is 8.61. The summed E-state index contributed by atoms with van der Waals surface area (Å²) in [4.78, 5) is 0. The Morgan fingerprint density at radius 3 is 0.561 bits per heavy atom. The van der Waals surface area contributed by atoms with E-state index < -0.39 is 13.0 Å². The van der Waals surface area contributed by atoms with Crippen molar-refractivity contribution >= 4 is 57.1 Å². The van der Waals surface area contributed by atoms with E-state index in [0.717, 1.165) is 34.1 Å². The van der Waals surface area contributed by atoms with Crippen molar-refractivity contribution < 1.29 is 0 Å². The van der Waals surface area contributed by atoms with E-state index in [2.05, 4.69) is 157 Å². The summed E-state index contributed by atoms with van der Waals surface area (Å²) in [5, 5.41) is 0. The molecule has 0 N–H and O–H groups in total. The van der Waals surface area contributed by atoms with Crippen molar-refractivity contribution in [1.82, 2.24) is 0 Å². The van der Waals surface area contributed by atoms with E-state index in [0.29, 0.717) is 0 Å². The molecule has 0 aromatic heterocycles. The molecule has 0 aliphatic carbocycles. The zero-order valence-electron chi connectivity index (χ0n) is 22.5. The van der Waals surface area contributed by atoms with Crippen molar-refractivity contribution in [2.45, 2.75) is 0 Å². The molecule has 41 heavy (non-hydrogen) atoms. The third-order valence-corrected chi connectivity index (χ3v) is 16.4. The average molecular weight is 613 g/mol. The fourth-order valence-electron chi connectivity index (χ4n) is 5.20. The van der Waals surface area contributed by atoms with E-state index in [1.807, 2.05) is 36.4 Å². The van der Waals surface area contributed by atoms with Crippen molar-refractivity contribution in [3.8, 4) is 0 Å². The van der Waals surface area contributed by atoms with E-state index in [9.17, 15) is 0 Å². The second-order valence-electron chi connectivity index (χ2n) is 9.57. The van der Waals surface area contributed by atoms with E-state index in [1.54, 1.807) is 0 Å². The summed E-state index contributed by atoms with van der Waals surface area (Å²) >= 11 is -4.40. The van der Waals surface area contributed by atoms with E-state index in [4.69, 9.17) is 10.0 Å². The summed E-state index contributed by atoms with van der Waals surface area (Å²) < 4.78 is 7.17. The number of benzene rings is 6. The number of para-hydroxylation sites is 6. The standard InChI is InChI=1S/C36H30ClGeN3/c37-38(39(31-19-7-1-8-20-31)32-21-9-2-10-22-32,40(33-23-11-3-12-24-33)34-25-13-4-14-26-34)41(35-27-15-5-16-28-35)36-29-17-6-18-30-36/h1-30H. The summed E-state index contributed by atoms with van der Waals surface area (Å²) in [6.45, 7) is 0. The van der Waals surface area contributed by atoms with Crippen LogP contribution in [0.1, 0.15) is 0 Å². The number of rotatable bonds is 9. The Kier molecular flexibility index (Phi) is 8.08. The number of hydrogen-bond acceptors (Lipinski definition) is 3. The Bertz CT molecular complexity index is 1320. The quantitative estimate of drug-likeness (QED) is 0.151. The van der Waals surface area contributed by atoms with Crippen LogP contribution in [0.15, 0.2) is 182 Å². The fraction of sp³-hybridized carbons (Fsp3) is 0. The van der Waals surface area contributed by atoms with Crippen LogP contribution in [-0.4, -0.2) is 13.0 Å². The molecule has 200 valence electrons. The Morgan fingerprint density at radius 2 is 0.415 bits per heavy atom. The van der Waals surface area contributed by atoms with Crippen LogP contribution in [0.2, 0.25) is 0 Å². The zero-order chi connectivity index (χ0) is 27.9. The average Bonchev–Trinajstić information content (AvgIpc) is 3.04. The van der Waals surface area contributed by atoms with Gasteiger partial charge in [0.25, 0.3) is 0 Å². The van der Waals surface area contributed by atoms with E-state index in [1.165, 1.54) is 0 Å². The van der Waals surface area contributed by atoms with Gasteiger partial charge in [-0.2, -0.15) is 0 Å². The molecule has 0 heterocycles. The molecule has 6 rings (SSSR count). The van der Waals surface area contributed by atoms with Crippen LogP contribution >= 0.6 is 10.0 Å². The molecule has 0 aliphatic rings. The molecule has 6 aromatic carbocycles. The molecule has 0 radical (unpaired) electrons. The maximum atomic E-state index is 8.61. The summed E-state index contributed by atoms with van der Waals surface area (Å²) in [6, 6.07) is 63.1. The van der Waals surface area contributed by atoms with Crippen LogP contribution in [0.5, 0.6) is 0 Å². The van der Waals surface area contributed by atoms with Crippen LogP contribution < -0.4 is 11.6 Å². The summed E-state index contributed by atoms with van der Waals surface area (Å²) in [5.74, 6) is 0. The predicted octanol–water partition coefficient (Wildman–Crippen LogP) is 10.2. The van der Waals surface area contributed by atoms with Crippen molar-refractivity contribution in [2.24, 2.45) is 0 Å². The molecule has 0 saturated heterocycles. The molecule has 0 amide bonds. The van der Waals surface area contributed by atoms with Gasteiger partial charge in [-0.25, -0.2) is 0 Å². The fourth-order valence-corrected chi connectivity index (χ4v) is 15.5. The van der Waals surface area contributed by atoms with Gasteiger partial charge in [-0.3, -0.25) is 0 Å². The molecule has 0 bridgehead atoms. The molecule has 6 aromatic rings. The molecule has 0 spiro atoms. The number of nitrogens with zero attached hydrogens (tertiary/aromatic N) is 3. The molecule has 0 aliphatic heterocycles.